The highest BCUT2D eigenvalue weighted by Crippen LogP contribution is 2.27. The van der Waals surface area contributed by atoms with Crippen LogP contribution in [0.1, 0.15) is 18.4 Å². The number of hydrogen-bond donors (Lipinski definition) is 1. The van der Waals surface area contributed by atoms with Crippen LogP contribution >= 0.6 is 11.3 Å². The summed E-state index contributed by atoms with van der Waals surface area (Å²) < 4.78 is 38.8. The molecule has 0 spiro atoms. The van der Waals surface area contributed by atoms with Crippen LogP contribution in [0.15, 0.2) is 47.4 Å². The Labute approximate surface area is 154 Å². The van der Waals surface area contributed by atoms with Crippen LogP contribution in [0.4, 0.5) is 9.52 Å². The van der Waals surface area contributed by atoms with Crippen LogP contribution in [0, 0.1) is 12.7 Å². The second-order valence-electron chi connectivity index (χ2n) is 5.89. The first kappa shape index (κ1) is 18.5. The van der Waals surface area contributed by atoms with Crippen molar-refractivity contribution in [1.29, 1.82) is 0 Å². The maximum absolute atomic E-state index is 13.6. The summed E-state index contributed by atoms with van der Waals surface area (Å²) in [6, 6.07) is 11.2. The molecule has 2 aromatic carbocycles. The molecule has 1 N–H and O–H groups in total. The zero-order valence-electron chi connectivity index (χ0n) is 14.0. The van der Waals surface area contributed by atoms with Gasteiger partial charge in [-0.2, -0.15) is 0 Å². The number of sulfone groups is 1. The number of aryl methyl sites for hydroxylation is 1. The van der Waals surface area contributed by atoms with E-state index in [1.54, 1.807) is 36.4 Å². The van der Waals surface area contributed by atoms with Gasteiger partial charge in [-0.1, -0.05) is 35.1 Å². The number of carbonyl (C=O) groups is 1. The Bertz CT molecular complexity index is 1040. The highest BCUT2D eigenvalue weighted by Gasteiger charge is 2.16. The molecular formula is C18H17FN2O3S2. The number of aromatic nitrogens is 1. The third kappa shape index (κ3) is 4.25. The van der Waals surface area contributed by atoms with Gasteiger partial charge >= 0.3 is 0 Å². The van der Waals surface area contributed by atoms with Crippen molar-refractivity contribution in [1.82, 2.24) is 4.98 Å². The summed E-state index contributed by atoms with van der Waals surface area (Å²) in [5.41, 5.74) is 1.20. The van der Waals surface area contributed by atoms with E-state index in [1.807, 2.05) is 6.92 Å². The molecule has 0 bridgehead atoms. The third-order valence-corrected chi connectivity index (χ3v) is 6.57. The standard InChI is InChI=1S/C18H17FN2O3S2/c1-12-7-9-13(10-8-12)26(23,24)11-3-6-16(22)20-18-21-17-14(19)4-2-5-15(17)25-18/h2,4-5,7-10H,3,6,11H2,1H3,(H,20,21,22). The lowest BCUT2D eigenvalue weighted by Crippen LogP contribution is -2.14. The number of nitrogens with one attached hydrogen (secondary N) is 1. The predicted octanol–water partition coefficient (Wildman–Crippen LogP) is 3.94. The zero-order chi connectivity index (χ0) is 18.7. The van der Waals surface area contributed by atoms with Gasteiger partial charge in [0.2, 0.25) is 5.91 Å². The maximum atomic E-state index is 13.6. The van der Waals surface area contributed by atoms with Crippen molar-refractivity contribution in [3.63, 3.8) is 0 Å². The number of anilines is 1. The molecule has 1 amide bonds. The van der Waals surface area contributed by atoms with Crippen molar-refractivity contribution in [2.24, 2.45) is 0 Å². The molecule has 0 atom stereocenters. The van der Waals surface area contributed by atoms with E-state index in [9.17, 15) is 17.6 Å². The van der Waals surface area contributed by atoms with Gasteiger partial charge in [-0.15, -0.1) is 0 Å². The largest absolute Gasteiger partial charge is 0.302 e. The topological polar surface area (TPSA) is 76.1 Å². The summed E-state index contributed by atoms with van der Waals surface area (Å²) >= 11 is 1.18. The quantitative estimate of drug-likeness (QED) is 0.689. The van der Waals surface area contributed by atoms with E-state index in [4.69, 9.17) is 0 Å². The summed E-state index contributed by atoms with van der Waals surface area (Å²) in [5, 5.41) is 2.90. The highest BCUT2D eigenvalue weighted by atomic mass is 32.2. The monoisotopic (exact) mass is 392 g/mol. The van der Waals surface area contributed by atoms with Gasteiger partial charge in [0, 0.05) is 6.42 Å². The minimum Gasteiger partial charge on any atom is -0.302 e. The normalized spacial score (nSPS) is 11.6. The lowest BCUT2D eigenvalue weighted by atomic mass is 10.2. The van der Waals surface area contributed by atoms with Crippen LogP contribution in [0.3, 0.4) is 0 Å². The van der Waals surface area contributed by atoms with E-state index < -0.39 is 15.7 Å². The van der Waals surface area contributed by atoms with Crippen molar-refractivity contribution >= 4 is 42.4 Å². The van der Waals surface area contributed by atoms with E-state index in [-0.39, 0.29) is 34.9 Å². The molecule has 0 aliphatic carbocycles. The minimum atomic E-state index is -3.41. The number of halogens is 1. The second kappa shape index (κ2) is 7.51. The van der Waals surface area contributed by atoms with Gasteiger partial charge in [-0.05, 0) is 37.6 Å². The Hall–Kier alpha value is -2.32. The molecule has 0 saturated heterocycles. The number of rotatable bonds is 6. The van der Waals surface area contributed by atoms with Crippen molar-refractivity contribution < 1.29 is 17.6 Å². The van der Waals surface area contributed by atoms with E-state index in [0.29, 0.717) is 9.83 Å². The minimum absolute atomic E-state index is 0.0451. The van der Waals surface area contributed by atoms with Crippen molar-refractivity contribution in [2.75, 3.05) is 11.1 Å². The van der Waals surface area contributed by atoms with Gasteiger partial charge < -0.3 is 5.32 Å². The molecule has 0 aliphatic rings. The number of nitrogens with zero attached hydrogens (tertiary/aromatic N) is 1. The molecule has 0 fully saturated rings. The van der Waals surface area contributed by atoms with Crippen LogP contribution in [0.5, 0.6) is 0 Å². The van der Waals surface area contributed by atoms with E-state index in [1.165, 1.54) is 17.4 Å². The molecule has 3 rings (SSSR count). The van der Waals surface area contributed by atoms with Crippen LogP contribution in [0.25, 0.3) is 10.2 Å². The molecule has 3 aromatic rings. The number of para-hydroxylation sites is 1. The van der Waals surface area contributed by atoms with Crippen molar-refractivity contribution in [2.45, 2.75) is 24.7 Å². The Morgan fingerprint density at radius 3 is 2.62 bits per heavy atom. The average molecular weight is 392 g/mol. The molecule has 0 aliphatic heterocycles. The van der Waals surface area contributed by atoms with E-state index in [0.717, 1.165) is 5.56 Å². The van der Waals surface area contributed by atoms with E-state index in [2.05, 4.69) is 10.3 Å². The zero-order valence-corrected chi connectivity index (χ0v) is 15.7. The summed E-state index contributed by atoms with van der Waals surface area (Å²) in [5.74, 6) is -0.898. The van der Waals surface area contributed by atoms with Crippen LogP contribution < -0.4 is 5.32 Å². The Morgan fingerprint density at radius 1 is 1.19 bits per heavy atom. The summed E-state index contributed by atoms with van der Waals surface area (Å²) in [6.07, 6.45) is 0.241. The fourth-order valence-electron chi connectivity index (χ4n) is 2.44. The summed E-state index contributed by atoms with van der Waals surface area (Å²) in [4.78, 5) is 16.3. The lowest BCUT2D eigenvalue weighted by molar-refractivity contribution is -0.116. The molecule has 136 valence electrons. The predicted molar refractivity (Wildman–Crippen MR) is 101 cm³/mol. The number of benzene rings is 2. The molecule has 0 saturated carbocycles. The first-order valence-electron chi connectivity index (χ1n) is 7.99. The Morgan fingerprint density at radius 2 is 1.92 bits per heavy atom. The van der Waals surface area contributed by atoms with Crippen molar-refractivity contribution in [3.8, 4) is 0 Å². The molecule has 0 radical (unpaired) electrons. The molecule has 1 heterocycles. The van der Waals surface area contributed by atoms with E-state index >= 15 is 0 Å². The summed E-state index contributed by atoms with van der Waals surface area (Å²) in [7, 11) is -3.41. The first-order chi connectivity index (χ1) is 12.3. The smallest absolute Gasteiger partial charge is 0.226 e. The van der Waals surface area contributed by atoms with Gasteiger partial charge in [-0.25, -0.2) is 17.8 Å². The lowest BCUT2D eigenvalue weighted by Gasteiger charge is -2.05. The average Bonchev–Trinajstić information content (AvgIpc) is 2.99. The third-order valence-electron chi connectivity index (χ3n) is 3.81. The SMILES string of the molecule is Cc1ccc(S(=O)(=O)CCCC(=O)Nc2nc3c(F)cccc3s2)cc1. The maximum Gasteiger partial charge on any atom is 0.226 e. The number of amides is 1. The molecule has 0 unspecified atom stereocenters. The number of carbonyl (C=O) groups excluding carboxylic acids is 1. The highest BCUT2D eigenvalue weighted by molar-refractivity contribution is 7.91. The number of thiazole rings is 1. The van der Waals surface area contributed by atoms with Crippen LogP contribution in [-0.4, -0.2) is 25.1 Å². The number of fused-ring (bicyclic) bond motifs is 1. The molecule has 1 aromatic heterocycles. The molecular weight excluding hydrogens is 375 g/mol. The van der Waals surface area contributed by atoms with Crippen molar-refractivity contribution in [3.05, 3.63) is 53.8 Å². The first-order valence-corrected chi connectivity index (χ1v) is 10.5. The van der Waals surface area contributed by atoms with Gasteiger partial charge in [-0.3, -0.25) is 4.79 Å². The Kier molecular flexibility index (Phi) is 5.33. The molecule has 5 nitrogen and oxygen atoms in total. The summed E-state index contributed by atoms with van der Waals surface area (Å²) in [6.45, 7) is 1.88. The molecule has 8 heteroatoms. The van der Waals surface area contributed by atoms with Crippen LogP contribution in [0.2, 0.25) is 0 Å². The fraction of sp³-hybridized carbons (Fsp3) is 0.222. The Balaban J connectivity index is 1.56. The van der Waals surface area contributed by atoms with Gasteiger partial charge in [0.15, 0.2) is 15.0 Å². The fourth-order valence-corrected chi connectivity index (χ4v) is 4.64. The van der Waals surface area contributed by atoms with Gasteiger partial charge in [0.05, 0.1) is 15.3 Å². The van der Waals surface area contributed by atoms with Gasteiger partial charge in [0.25, 0.3) is 0 Å². The molecule has 26 heavy (non-hydrogen) atoms. The van der Waals surface area contributed by atoms with Gasteiger partial charge in [0.1, 0.15) is 11.3 Å². The van der Waals surface area contributed by atoms with Crippen LogP contribution in [-0.2, 0) is 14.6 Å². The second-order valence-corrected chi connectivity index (χ2v) is 9.03. The number of hydrogen-bond acceptors (Lipinski definition) is 5.